The highest BCUT2D eigenvalue weighted by Crippen LogP contribution is 2.36. The maximum absolute atomic E-state index is 8.66. The third-order valence-electron chi connectivity index (χ3n) is 2.79. The van der Waals surface area contributed by atoms with Crippen LogP contribution in [0.2, 0.25) is 0 Å². The minimum atomic E-state index is -0.0400. The van der Waals surface area contributed by atoms with E-state index in [0.29, 0.717) is 22.6 Å². The van der Waals surface area contributed by atoms with Crippen molar-refractivity contribution in [1.29, 1.82) is 5.26 Å². The molecule has 0 bridgehead atoms. The summed E-state index contributed by atoms with van der Waals surface area (Å²) in [7, 11) is 0. The molecule has 0 saturated heterocycles. The number of benzene rings is 2. The maximum atomic E-state index is 8.66. The molecule has 1 N–H and O–H groups in total. The van der Waals surface area contributed by atoms with Crippen LogP contribution in [0.4, 0.5) is 5.69 Å². The smallest absolute Gasteiger partial charge is 0.176 e. The molecule has 5 nitrogen and oxygen atoms in total. The van der Waals surface area contributed by atoms with E-state index in [9.17, 15) is 0 Å². The van der Waals surface area contributed by atoms with Crippen molar-refractivity contribution in [2.45, 2.75) is 6.92 Å². The Balaban J connectivity index is 2.17. The van der Waals surface area contributed by atoms with E-state index in [2.05, 4.69) is 26.5 Å². The van der Waals surface area contributed by atoms with E-state index in [0.717, 1.165) is 11.3 Å². The summed E-state index contributed by atoms with van der Waals surface area (Å²) in [6.07, 6.45) is 1.69. The van der Waals surface area contributed by atoms with Gasteiger partial charge in [0.1, 0.15) is 6.07 Å². The summed E-state index contributed by atoms with van der Waals surface area (Å²) in [6.45, 7) is 2.35. The number of rotatable bonds is 7. The second kappa shape index (κ2) is 8.81. The molecule has 0 unspecified atom stereocenters. The Morgan fingerprint density at radius 2 is 2.04 bits per heavy atom. The quantitative estimate of drug-likeness (QED) is 0.583. The molecule has 6 heteroatoms. The van der Waals surface area contributed by atoms with Crippen molar-refractivity contribution in [2.75, 3.05) is 18.6 Å². The first-order valence-corrected chi connectivity index (χ1v) is 7.84. The number of ether oxygens (including phenoxy) is 2. The van der Waals surface area contributed by atoms with E-state index in [1.54, 1.807) is 6.21 Å². The van der Waals surface area contributed by atoms with Gasteiger partial charge in [-0.25, -0.2) is 0 Å². The van der Waals surface area contributed by atoms with Crippen LogP contribution in [0, 0.1) is 11.3 Å². The number of nitriles is 1. The molecule has 0 saturated carbocycles. The number of hydrogen-bond donors (Lipinski definition) is 1. The molecule has 0 aromatic heterocycles. The predicted octanol–water partition coefficient (Wildman–Crippen LogP) is 4.20. The number of halogens is 1. The van der Waals surface area contributed by atoms with Gasteiger partial charge in [-0.15, -0.1) is 0 Å². The molecule has 23 heavy (non-hydrogen) atoms. The molecule has 2 aromatic rings. The average molecular weight is 374 g/mol. The Kier molecular flexibility index (Phi) is 6.45. The van der Waals surface area contributed by atoms with Crippen LogP contribution in [0.5, 0.6) is 11.5 Å². The van der Waals surface area contributed by atoms with Crippen molar-refractivity contribution in [3.63, 3.8) is 0 Å². The normalized spacial score (nSPS) is 10.3. The van der Waals surface area contributed by atoms with Crippen LogP contribution in [-0.2, 0) is 0 Å². The lowest BCUT2D eigenvalue weighted by Gasteiger charge is -2.12. The summed E-state index contributed by atoms with van der Waals surface area (Å²) in [5.41, 5.74) is 4.70. The summed E-state index contributed by atoms with van der Waals surface area (Å²) >= 11 is 3.44. The van der Waals surface area contributed by atoms with Crippen LogP contribution in [-0.4, -0.2) is 19.4 Å². The second-order valence-corrected chi connectivity index (χ2v) is 5.30. The van der Waals surface area contributed by atoms with Crippen LogP contribution < -0.4 is 14.9 Å². The van der Waals surface area contributed by atoms with Gasteiger partial charge >= 0.3 is 0 Å². The van der Waals surface area contributed by atoms with E-state index in [4.69, 9.17) is 14.7 Å². The van der Waals surface area contributed by atoms with Crippen molar-refractivity contribution < 1.29 is 9.47 Å². The highest BCUT2D eigenvalue weighted by molar-refractivity contribution is 9.10. The van der Waals surface area contributed by atoms with Crippen molar-refractivity contribution in [2.24, 2.45) is 5.10 Å². The van der Waals surface area contributed by atoms with Crippen molar-refractivity contribution in [1.82, 2.24) is 0 Å². The third kappa shape index (κ3) is 5.01. The zero-order chi connectivity index (χ0) is 16.5. The van der Waals surface area contributed by atoms with Gasteiger partial charge in [0.05, 0.1) is 23.0 Å². The highest BCUT2D eigenvalue weighted by Gasteiger charge is 2.11. The lowest BCUT2D eigenvalue weighted by Crippen LogP contribution is -2.01. The van der Waals surface area contributed by atoms with Gasteiger partial charge in [-0.2, -0.15) is 10.4 Å². The summed E-state index contributed by atoms with van der Waals surface area (Å²) in [5.74, 6) is 1.08. The van der Waals surface area contributed by atoms with Gasteiger partial charge in [-0.1, -0.05) is 18.2 Å². The van der Waals surface area contributed by atoms with Gasteiger partial charge < -0.3 is 9.47 Å². The minimum absolute atomic E-state index is 0.0400. The summed E-state index contributed by atoms with van der Waals surface area (Å²) in [4.78, 5) is 0. The van der Waals surface area contributed by atoms with Gasteiger partial charge in [0.25, 0.3) is 0 Å². The molecule has 0 fully saturated rings. The molecule has 0 atom stereocenters. The van der Waals surface area contributed by atoms with Gasteiger partial charge in [-0.05, 0) is 52.7 Å². The van der Waals surface area contributed by atoms with Crippen LogP contribution in [0.25, 0.3) is 0 Å². The fourth-order valence-corrected chi connectivity index (χ4v) is 2.44. The Hall–Kier alpha value is -2.52. The number of anilines is 1. The van der Waals surface area contributed by atoms with E-state index in [-0.39, 0.29) is 6.61 Å². The number of hydrazone groups is 1. The molecule has 0 aliphatic heterocycles. The average Bonchev–Trinajstić information content (AvgIpc) is 2.55. The Labute approximate surface area is 143 Å². The van der Waals surface area contributed by atoms with E-state index in [1.165, 1.54) is 0 Å². The molecule has 0 radical (unpaired) electrons. The fraction of sp³-hybridized carbons (Fsp3) is 0.176. The number of para-hydroxylation sites is 1. The molecule has 2 aromatic carbocycles. The summed E-state index contributed by atoms with van der Waals surface area (Å²) in [5, 5.41) is 12.9. The van der Waals surface area contributed by atoms with Crippen molar-refractivity contribution in [3.05, 3.63) is 52.5 Å². The zero-order valence-corrected chi connectivity index (χ0v) is 14.2. The largest absolute Gasteiger partial charge is 0.490 e. The molecular weight excluding hydrogens is 358 g/mol. The lowest BCUT2D eigenvalue weighted by molar-refractivity contribution is 0.297. The lowest BCUT2D eigenvalue weighted by atomic mass is 10.2. The van der Waals surface area contributed by atoms with Gasteiger partial charge in [-0.3, -0.25) is 5.43 Å². The first-order valence-electron chi connectivity index (χ1n) is 7.04. The van der Waals surface area contributed by atoms with Gasteiger partial charge in [0, 0.05) is 0 Å². The predicted molar refractivity (Wildman–Crippen MR) is 94.1 cm³/mol. The standard InChI is InChI=1S/C17H16BrN3O2/c1-2-22-16-11-13(10-15(18)17(16)23-9-8-19)12-20-21-14-6-4-3-5-7-14/h3-7,10-12,21H,2,9H2,1H3. The number of nitrogens with one attached hydrogen (secondary N) is 1. The highest BCUT2D eigenvalue weighted by atomic mass is 79.9. The van der Waals surface area contributed by atoms with E-state index >= 15 is 0 Å². The minimum Gasteiger partial charge on any atom is -0.490 e. The Bertz CT molecular complexity index is 712. The van der Waals surface area contributed by atoms with Crippen LogP contribution in [0.1, 0.15) is 12.5 Å². The molecular formula is C17H16BrN3O2. The molecule has 0 heterocycles. The molecule has 2 rings (SSSR count). The first kappa shape index (κ1) is 16.8. The van der Waals surface area contributed by atoms with Crippen molar-refractivity contribution >= 4 is 27.8 Å². The van der Waals surface area contributed by atoms with E-state index in [1.807, 2.05) is 55.5 Å². The molecule has 0 aliphatic carbocycles. The van der Waals surface area contributed by atoms with Crippen LogP contribution in [0.3, 0.4) is 0 Å². The summed E-state index contributed by atoms with van der Waals surface area (Å²) in [6, 6.07) is 15.3. The van der Waals surface area contributed by atoms with Gasteiger partial charge in [0.15, 0.2) is 18.1 Å². The fourth-order valence-electron chi connectivity index (χ4n) is 1.86. The molecule has 0 spiro atoms. The van der Waals surface area contributed by atoms with Crippen LogP contribution >= 0.6 is 15.9 Å². The zero-order valence-electron chi connectivity index (χ0n) is 12.6. The second-order valence-electron chi connectivity index (χ2n) is 4.45. The monoisotopic (exact) mass is 373 g/mol. The molecule has 118 valence electrons. The first-order chi connectivity index (χ1) is 11.2. The Morgan fingerprint density at radius 3 is 2.74 bits per heavy atom. The molecule has 0 amide bonds. The number of hydrogen-bond acceptors (Lipinski definition) is 5. The van der Waals surface area contributed by atoms with Crippen LogP contribution in [0.15, 0.2) is 52.0 Å². The maximum Gasteiger partial charge on any atom is 0.176 e. The van der Waals surface area contributed by atoms with Crippen molar-refractivity contribution in [3.8, 4) is 17.6 Å². The summed E-state index contributed by atoms with van der Waals surface area (Å²) < 4.78 is 11.7. The van der Waals surface area contributed by atoms with E-state index < -0.39 is 0 Å². The SMILES string of the molecule is CCOc1cc(C=NNc2ccccc2)cc(Br)c1OCC#N. The molecule has 0 aliphatic rings. The number of nitrogens with zero attached hydrogens (tertiary/aromatic N) is 2. The Morgan fingerprint density at radius 1 is 1.26 bits per heavy atom. The third-order valence-corrected chi connectivity index (χ3v) is 3.38. The topological polar surface area (TPSA) is 66.6 Å². The van der Waals surface area contributed by atoms with Gasteiger partial charge in [0.2, 0.25) is 0 Å².